The summed E-state index contributed by atoms with van der Waals surface area (Å²) in [7, 11) is 1.72. The van der Waals surface area contributed by atoms with Gasteiger partial charge in [0.25, 0.3) is 5.91 Å². The molecule has 0 aliphatic carbocycles. The summed E-state index contributed by atoms with van der Waals surface area (Å²) in [5.41, 5.74) is 6.48. The number of nitrogens with two attached hydrogens (primary N) is 1. The Balaban J connectivity index is 0.00000450. The van der Waals surface area contributed by atoms with Crippen molar-refractivity contribution in [1.29, 1.82) is 0 Å². The molecule has 0 saturated heterocycles. The van der Waals surface area contributed by atoms with E-state index in [1.165, 1.54) is 4.90 Å². The van der Waals surface area contributed by atoms with Crippen molar-refractivity contribution in [3.63, 3.8) is 0 Å². The SMILES string of the molecule is CN=C(NCCSc1ccc(Cl)cc1)NCc1ccc(C(=O)NCC(N)=O)cc1.I. The van der Waals surface area contributed by atoms with Crippen LogP contribution in [-0.2, 0) is 11.3 Å². The highest BCUT2D eigenvalue weighted by atomic mass is 127. The second-order valence-electron chi connectivity index (χ2n) is 6.00. The minimum atomic E-state index is -0.579. The van der Waals surface area contributed by atoms with Crippen LogP contribution < -0.4 is 21.7 Å². The van der Waals surface area contributed by atoms with E-state index >= 15 is 0 Å². The normalized spacial score (nSPS) is 10.7. The summed E-state index contributed by atoms with van der Waals surface area (Å²) in [6.45, 7) is 1.14. The molecule has 0 spiro atoms. The van der Waals surface area contributed by atoms with Gasteiger partial charge in [0, 0.05) is 41.4 Å². The van der Waals surface area contributed by atoms with Crippen LogP contribution in [0.4, 0.5) is 0 Å². The Morgan fingerprint density at radius 2 is 1.70 bits per heavy atom. The molecule has 0 atom stereocenters. The number of rotatable bonds is 9. The van der Waals surface area contributed by atoms with Crippen LogP contribution >= 0.6 is 47.3 Å². The average molecular weight is 562 g/mol. The zero-order valence-corrected chi connectivity index (χ0v) is 20.4. The second-order valence-corrected chi connectivity index (χ2v) is 7.61. The zero-order chi connectivity index (χ0) is 21.1. The van der Waals surface area contributed by atoms with Crippen molar-refractivity contribution in [1.82, 2.24) is 16.0 Å². The van der Waals surface area contributed by atoms with E-state index in [-0.39, 0.29) is 36.4 Å². The fraction of sp³-hybridized carbons (Fsp3) is 0.250. The Morgan fingerprint density at radius 1 is 1.03 bits per heavy atom. The lowest BCUT2D eigenvalue weighted by molar-refractivity contribution is -0.117. The Morgan fingerprint density at radius 3 is 2.30 bits per heavy atom. The molecule has 5 N–H and O–H groups in total. The van der Waals surface area contributed by atoms with E-state index in [0.29, 0.717) is 18.1 Å². The molecule has 0 bridgehead atoms. The van der Waals surface area contributed by atoms with Crippen molar-refractivity contribution in [3.8, 4) is 0 Å². The number of carbonyl (C=O) groups excluding carboxylic acids is 2. The molecular formula is C20H25ClIN5O2S. The minimum Gasteiger partial charge on any atom is -0.368 e. The first kappa shape index (κ1) is 26.1. The first-order chi connectivity index (χ1) is 14.0. The molecule has 0 fully saturated rings. The largest absolute Gasteiger partial charge is 0.368 e. The summed E-state index contributed by atoms with van der Waals surface area (Å²) >= 11 is 7.62. The summed E-state index contributed by atoms with van der Waals surface area (Å²) in [4.78, 5) is 28.0. The van der Waals surface area contributed by atoms with E-state index < -0.39 is 5.91 Å². The number of primary amides is 1. The average Bonchev–Trinajstić information content (AvgIpc) is 2.73. The van der Waals surface area contributed by atoms with E-state index in [1.54, 1.807) is 30.9 Å². The maximum Gasteiger partial charge on any atom is 0.251 e. The quantitative estimate of drug-likeness (QED) is 0.124. The van der Waals surface area contributed by atoms with Crippen LogP contribution in [0.15, 0.2) is 58.4 Å². The number of benzene rings is 2. The van der Waals surface area contributed by atoms with Gasteiger partial charge in [-0.15, -0.1) is 35.7 Å². The second kappa shape index (κ2) is 14.1. The predicted molar refractivity (Wildman–Crippen MR) is 134 cm³/mol. The molecular weight excluding hydrogens is 537 g/mol. The van der Waals surface area contributed by atoms with Crippen LogP contribution in [0.2, 0.25) is 5.02 Å². The molecule has 30 heavy (non-hydrogen) atoms. The lowest BCUT2D eigenvalue weighted by Crippen LogP contribution is -2.38. The van der Waals surface area contributed by atoms with Crippen LogP contribution in [0.25, 0.3) is 0 Å². The third-order valence-corrected chi connectivity index (χ3v) is 5.07. The standard InChI is InChI=1S/C20H24ClN5O2S.HI/c1-23-20(24-10-11-29-17-8-6-16(21)7-9-17)26-12-14-2-4-15(5-3-14)19(28)25-13-18(22)27;/h2-9H,10-13H2,1H3,(H2,22,27)(H,25,28)(H2,23,24,26);1H. The number of aliphatic imine (C=N–C) groups is 1. The highest BCUT2D eigenvalue weighted by molar-refractivity contribution is 14.0. The number of amides is 2. The molecule has 0 unspecified atom stereocenters. The maximum atomic E-state index is 11.9. The maximum absolute atomic E-state index is 11.9. The molecule has 2 aromatic carbocycles. The van der Waals surface area contributed by atoms with Crippen molar-refractivity contribution < 1.29 is 9.59 Å². The predicted octanol–water partition coefficient (Wildman–Crippen LogP) is 2.63. The molecule has 10 heteroatoms. The number of hydrogen-bond acceptors (Lipinski definition) is 4. The molecule has 0 heterocycles. The fourth-order valence-corrected chi connectivity index (χ4v) is 3.21. The van der Waals surface area contributed by atoms with Crippen LogP contribution in [0, 0.1) is 0 Å². The molecule has 162 valence electrons. The Bertz CT molecular complexity index is 847. The molecule has 0 aliphatic heterocycles. The van der Waals surface area contributed by atoms with Crippen LogP contribution in [0.1, 0.15) is 15.9 Å². The summed E-state index contributed by atoms with van der Waals surface area (Å²) in [6, 6.07) is 14.8. The number of guanidine groups is 1. The molecule has 2 aromatic rings. The lowest BCUT2D eigenvalue weighted by atomic mass is 10.1. The third-order valence-electron chi connectivity index (χ3n) is 3.80. The molecule has 0 radical (unpaired) electrons. The van der Waals surface area contributed by atoms with Crippen LogP contribution in [0.5, 0.6) is 0 Å². The van der Waals surface area contributed by atoms with Crippen molar-refractivity contribution in [2.24, 2.45) is 10.7 Å². The highest BCUT2D eigenvalue weighted by Crippen LogP contribution is 2.19. The van der Waals surface area contributed by atoms with Crippen LogP contribution in [-0.4, -0.2) is 43.7 Å². The van der Waals surface area contributed by atoms with Gasteiger partial charge < -0.3 is 21.7 Å². The fourth-order valence-electron chi connectivity index (χ4n) is 2.32. The number of carbonyl (C=O) groups is 2. The number of halogens is 2. The van der Waals surface area contributed by atoms with Gasteiger partial charge in [0.2, 0.25) is 5.91 Å². The van der Waals surface area contributed by atoms with Gasteiger partial charge in [0.15, 0.2) is 5.96 Å². The van der Waals surface area contributed by atoms with Crippen molar-refractivity contribution in [3.05, 3.63) is 64.7 Å². The van der Waals surface area contributed by atoms with Gasteiger partial charge in [-0.25, -0.2) is 0 Å². The molecule has 2 rings (SSSR count). The molecule has 0 aromatic heterocycles. The summed E-state index contributed by atoms with van der Waals surface area (Å²) in [5, 5.41) is 9.68. The van der Waals surface area contributed by atoms with Crippen LogP contribution in [0.3, 0.4) is 0 Å². The molecule has 7 nitrogen and oxygen atoms in total. The van der Waals surface area contributed by atoms with Crippen molar-refractivity contribution >= 4 is 65.1 Å². The lowest BCUT2D eigenvalue weighted by Gasteiger charge is -2.12. The van der Waals surface area contributed by atoms with Gasteiger partial charge >= 0.3 is 0 Å². The smallest absolute Gasteiger partial charge is 0.251 e. The van der Waals surface area contributed by atoms with E-state index in [2.05, 4.69) is 20.9 Å². The number of hydrogen-bond donors (Lipinski definition) is 4. The minimum absolute atomic E-state index is 0. The van der Waals surface area contributed by atoms with Gasteiger partial charge in [-0.05, 0) is 42.0 Å². The van der Waals surface area contributed by atoms with Gasteiger partial charge in [-0.3, -0.25) is 14.6 Å². The summed E-state index contributed by atoms with van der Waals surface area (Å²) in [6.07, 6.45) is 0. The Labute approximate surface area is 202 Å². The number of nitrogens with zero attached hydrogens (tertiary/aromatic N) is 1. The van der Waals surface area contributed by atoms with Crippen molar-refractivity contribution in [2.45, 2.75) is 11.4 Å². The van der Waals surface area contributed by atoms with Gasteiger partial charge in [-0.2, -0.15) is 0 Å². The highest BCUT2D eigenvalue weighted by Gasteiger charge is 2.06. The number of nitrogens with one attached hydrogen (secondary N) is 3. The topological polar surface area (TPSA) is 109 Å². The summed E-state index contributed by atoms with van der Waals surface area (Å²) in [5.74, 6) is 0.672. The number of thioether (sulfide) groups is 1. The van der Waals surface area contributed by atoms with E-state index in [0.717, 1.165) is 22.9 Å². The Hall–Kier alpha value is -1.98. The van der Waals surface area contributed by atoms with Gasteiger partial charge in [0.1, 0.15) is 0 Å². The molecule has 0 saturated carbocycles. The van der Waals surface area contributed by atoms with E-state index in [4.69, 9.17) is 17.3 Å². The molecule has 0 aliphatic rings. The van der Waals surface area contributed by atoms with Crippen molar-refractivity contribution in [2.75, 3.05) is 25.9 Å². The van der Waals surface area contributed by atoms with E-state index in [1.807, 2.05) is 36.4 Å². The van der Waals surface area contributed by atoms with Gasteiger partial charge in [-0.1, -0.05) is 23.7 Å². The molecule has 2 amide bonds. The van der Waals surface area contributed by atoms with Gasteiger partial charge in [0.05, 0.1) is 6.54 Å². The first-order valence-corrected chi connectivity index (χ1v) is 10.3. The zero-order valence-electron chi connectivity index (χ0n) is 16.5. The first-order valence-electron chi connectivity index (χ1n) is 8.96. The monoisotopic (exact) mass is 561 g/mol. The summed E-state index contributed by atoms with van der Waals surface area (Å²) < 4.78 is 0. The van der Waals surface area contributed by atoms with E-state index in [9.17, 15) is 9.59 Å². The third kappa shape index (κ3) is 9.68. The Kier molecular flexibility index (Phi) is 12.2.